The molecule has 0 aliphatic carbocycles. The minimum Gasteiger partial charge on any atom is -0.330 e. The number of imide groups is 1. The molecule has 2 aliphatic rings. The summed E-state index contributed by atoms with van der Waals surface area (Å²) >= 11 is 0. The lowest BCUT2D eigenvalue weighted by Gasteiger charge is -2.29. The van der Waals surface area contributed by atoms with Crippen molar-refractivity contribution < 1.29 is 14.4 Å². The number of aryl methyl sites for hydroxylation is 1. The van der Waals surface area contributed by atoms with Gasteiger partial charge in [-0.2, -0.15) is 0 Å². The van der Waals surface area contributed by atoms with E-state index in [1.807, 2.05) is 6.07 Å². The molecule has 0 saturated carbocycles. The summed E-state index contributed by atoms with van der Waals surface area (Å²) in [5.74, 6) is -0.884. The predicted octanol–water partition coefficient (Wildman–Crippen LogP) is 1.29. The maximum atomic E-state index is 12.6. The Morgan fingerprint density at radius 2 is 1.92 bits per heavy atom. The van der Waals surface area contributed by atoms with E-state index in [0.29, 0.717) is 18.7 Å². The van der Waals surface area contributed by atoms with Crippen LogP contribution in [0.5, 0.6) is 0 Å². The Hall–Kier alpha value is -2.28. The van der Waals surface area contributed by atoms with Crippen LogP contribution in [0.3, 0.4) is 0 Å². The lowest BCUT2D eigenvalue weighted by atomic mass is 10.0. The van der Waals surface area contributed by atoms with E-state index in [0.717, 1.165) is 36.9 Å². The van der Waals surface area contributed by atoms with Crippen molar-refractivity contribution in [2.45, 2.75) is 64.0 Å². The summed E-state index contributed by atoms with van der Waals surface area (Å²) in [7, 11) is 0. The first-order valence-electron chi connectivity index (χ1n) is 9.42. The van der Waals surface area contributed by atoms with Crippen LogP contribution in [0.4, 0.5) is 0 Å². The highest BCUT2D eigenvalue weighted by molar-refractivity contribution is 6.04. The molecule has 0 aromatic carbocycles. The molecular weight excluding hydrogens is 332 g/mol. The standard InChI is InChI=1S/C19H26N4O3/c20-9-5-3-1-2-4-6-13-10-14-12-23(19(26)17(14)21-11-13)15-7-8-16(24)22-18(15)25/h10-11,15H,1-9,12,20H2,(H,22,24,25). The van der Waals surface area contributed by atoms with Crippen LogP contribution in [0.2, 0.25) is 0 Å². The first-order valence-corrected chi connectivity index (χ1v) is 9.42. The number of unbranched alkanes of at least 4 members (excludes halogenated alkanes) is 4. The Balaban J connectivity index is 1.58. The van der Waals surface area contributed by atoms with Gasteiger partial charge in [0.15, 0.2) is 0 Å². The fourth-order valence-corrected chi connectivity index (χ4v) is 3.64. The second-order valence-corrected chi connectivity index (χ2v) is 7.06. The molecule has 0 radical (unpaired) electrons. The number of nitrogens with zero attached hydrogens (tertiary/aromatic N) is 2. The van der Waals surface area contributed by atoms with Crippen molar-refractivity contribution in [1.82, 2.24) is 15.2 Å². The fourth-order valence-electron chi connectivity index (χ4n) is 3.64. The molecule has 7 nitrogen and oxygen atoms in total. The molecule has 0 bridgehead atoms. The number of hydrogen-bond donors (Lipinski definition) is 2. The van der Waals surface area contributed by atoms with Gasteiger partial charge in [-0.25, -0.2) is 0 Å². The molecule has 3 rings (SSSR count). The van der Waals surface area contributed by atoms with E-state index < -0.39 is 6.04 Å². The molecule has 1 fully saturated rings. The minimum absolute atomic E-state index is 0.220. The van der Waals surface area contributed by atoms with E-state index >= 15 is 0 Å². The number of piperidine rings is 1. The first kappa shape index (κ1) is 18.5. The molecule has 1 aromatic rings. The second-order valence-electron chi connectivity index (χ2n) is 7.06. The topological polar surface area (TPSA) is 105 Å². The Bertz CT molecular complexity index is 704. The summed E-state index contributed by atoms with van der Waals surface area (Å²) in [4.78, 5) is 41.8. The second kappa shape index (κ2) is 8.40. The van der Waals surface area contributed by atoms with Crippen LogP contribution in [0.15, 0.2) is 12.3 Å². The van der Waals surface area contributed by atoms with Crippen molar-refractivity contribution in [3.63, 3.8) is 0 Å². The minimum atomic E-state index is -0.583. The van der Waals surface area contributed by atoms with Gasteiger partial charge >= 0.3 is 0 Å². The number of pyridine rings is 1. The summed E-state index contributed by atoms with van der Waals surface area (Å²) in [6, 6.07) is 1.45. The summed E-state index contributed by atoms with van der Waals surface area (Å²) in [5, 5.41) is 2.31. The van der Waals surface area contributed by atoms with Crippen LogP contribution < -0.4 is 11.1 Å². The Kier molecular flexibility index (Phi) is 5.98. The molecule has 140 valence electrons. The van der Waals surface area contributed by atoms with Crippen molar-refractivity contribution in [3.05, 3.63) is 29.1 Å². The highest BCUT2D eigenvalue weighted by Gasteiger charge is 2.39. The van der Waals surface area contributed by atoms with Crippen LogP contribution in [-0.2, 0) is 22.6 Å². The third-order valence-electron chi connectivity index (χ3n) is 5.08. The molecule has 26 heavy (non-hydrogen) atoms. The molecule has 7 heteroatoms. The van der Waals surface area contributed by atoms with Crippen LogP contribution >= 0.6 is 0 Å². The lowest BCUT2D eigenvalue weighted by molar-refractivity contribution is -0.136. The lowest BCUT2D eigenvalue weighted by Crippen LogP contribution is -2.52. The summed E-state index contributed by atoms with van der Waals surface area (Å²) < 4.78 is 0. The SMILES string of the molecule is NCCCCCCCc1cnc2c(c1)CN(C1CCC(=O)NC1=O)C2=O. The molecule has 1 atom stereocenters. The number of aromatic nitrogens is 1. The van der Waals surface area contributed by atoms with E-state index in [1.54, 1.807) is 6.20 Å². The van der Waals surface area contributed by atoms with Crippen LogP contribution in [0.25, 0.3) is 0 Å². The first-order chi connectivity index (χ1) is 12.6. The molecular formula is C19H26N4O3. The number of fused-ring (bicyclic) bond motifs is 1. The average Bonchev–Trinajstić information content (AvgIpc) is 2.94. The van der Waals surface area contributed by atoms with Gasteiger partial charge in [0, 0.05) is 24.7 Å². The number of nitrogens with one attached hydrogen (secondary N) is 1. The molecule has 3 heterocycles. The molecule has 3 N–H and O–H groups in total. The van der Waals surface area contributed by atoms with Gasteiger partial charge in [-0.1, -0.05) is 25.3 Å². The van der Waals surface area contributed by atoms with Gasteiger partial charge in [-0.3, -0.25) is 24.7 Å². The number of carbonyl (C=O) groups is 3. The van der Waals surface area contributed by atoms with Gasteiger partial charge in [0.05, 0.1) is 0 Å². The predicted molar refractivity (Wildman–Crippen MR) is 96.1 cm³/mol. The smallest absolute Gasteiger partial charge is 0.273 e. The molecule has 1 aromatic heterocycles. The number of amides is 3. The van der Waals surface area contributed by atoms with Gasteiger partial charge in [-0.15, -0.1) is 0 Å². The van der Waals surface area contributed by atoms with Crippen molar-refractivity contribution in [1.29, 1.82) is 0 Å². The maximum absolute atomic E-state index is 12.6. The van der Waals surface area contributed by atoms with Gasteiger partial charge in [0.25, 0.3) is 5.91 Å². The zero-order valence-corrected chi connectivity index (χ0v) is 15.0. The third kappa shape index (κ3) is 4.09. The quantitative estimate of drug-likeness (QED) is 0.538. The number of rotatable bonds is 8. The van der Waals surface area contributed by atoms with E-state index in [9.17, 15) is 14.4 Å². The normalized spacial score (nSPS) is 19.7. The van der Waals surface area contributed by atoms with Crippen LogP contribution in [-0.4, -0.2) is 40.2 Å². The third-order valence-corrected chi connectivity index (χ3v) is 5.08. The van der Waals surface area contributed by atoms with E-state index in [-0.39, 0.29) is 24.1 Å². The maximum Gasteiger partial charge on any atom is 0.273 e. The largest absolute Gasteiger partial charge is 0.330 e. The van der Waals surface area contributed by atoms with E-state index in [4.69, 9.17) is 5.73 Å². The van der Waals surface area contributed by atoms with Gasteiger partial charge in [-0.05, 0) is 37.8 Å². The molecule has 2 aliphatic heterocycles. The number of carbonyl (C=O) groups excluding carboxylic acids is 3. The number of hydrogen-bond acceptors (Lipinski definition) is 5. The van der Waals surface area contributed by atoms with Crippen molar-refractivity contribution in [2.75, 3.05) is 6.54 Å². The van der Waals surface area contributed by atoms with E-state index in [1.165, 1.54) is 24.2 Å². The summed E-state index contributed by atoms with van der Waals surface area (Å²) in [6.45, 7) is 1.14. The van der Waals surface area contributed by atoms with Crippen LogP contribution in [0, 0.1) is 0 Å². The highest BCUT2D eigenvalue weighted by Crippen LogP contribution is 2.27. The summed E-state index contributed by atoms with van der Waals surface area (Å²) in [5.41, 5.74) is 7.93. The fraction of sp³-hybridized carbons (Fsp3) is 0.579. The Morgan fingerprint density at radius 1 is 1.15 bits per heavy atom. The zero-order chi connectivity index (χ0) is 18.5. The molecule has 1 saturated heterocycles. The molecule has 0 spiro atoms. The Morgan fingerprint density at radius 3 is 2.69 bits per heavy atom. The van der Waals surface area contributed by atoms with Gasteiger partial charge in [0.1, 0.15) is 11.7 Å². The van der Waals surface area contributed by atoms with Gasteiger partial charge in [0.2, 0.25) is 11.8 Å². The van der Waals surface area contributed by atoms with Gasteiger partial charge < -0.3 is 10.6 Å². The van der Waals surface area contributed by atoms with E-state index in [2.05, 4.69) is 10.3 Å². The molecule has 1 unspecified atom stereocenters. The van der Waals surface area contributed by atoms with Crippen molar-refractivity contribution in [3.8, 4) is 0 Å². The number of nitrogens with two attached hydrogens (primary N) is 1. The summed E-state index contributed by atoms with van der Waals surface area (Å²) in [6.07, 6.45) is 9.05. The zero-order valence-electron chi connectivity index (χ0n) is 15.0. The van der Waals surface area contributed by atoms with Crippen LogP contribution in [0.1, 0.15) is 66.6 Å². The monoisotopic (exact) mass is 358 g/mol. The Labute approximate surface area is 153 Å². The average molecular weight is 358 g/mol. The van der Waals surface area contributed by atoms with Crippen molar-refractivity contribution in [2.24, 2.45) is 5.73 Å². The molecule has 3 amide bonds. The van der Waals surface area contributed by atoms with Crippen molar-refractivity contribution >= 4 is 17.7 Å². The highest BCUT2D eigenvalue weighted by atomic mass is 16.2.